The monoisotopic (exact) mass is 296 g/mol. The summed E-state index contributed by atoms with van der Waals surface area (Å²) in [5, 5.41) is 0. The highest BCUT2D eigenvalue weighted by atomic mass is 32.1. The van der Waals surface area contributed by atoms with Gasteiger partial charge in [0.05, 0.1) is 10.4 Å². The topological polar surface area (TPSA) is 46.3 Å². The predicted octanol–water partition coefficient (Wildman–Crippen LogP) is 3.12. The van der Waals surface area contributed by atoms with Crippen molar-refractivity contribution in [3.63, 3.8) is 0 Å². The van der Waals surface area contributed by atoms with E-state index >= 15 is 0 Å². The van der Waals surface area contributed by atoms with E-state index in [2.05, 4.69) is 20.8 Å². The fourth-order valence-corrected chi connectivity index (χ4v) is 4.09. The van der Waals surface area contributed by atoms with Gasteiger partial charge in [0.1, 0.15) is 0 Å². The average Bonchev–Trinajstić information content (AvgIpc) is 2.87. The number of hydrogen-bond donors (Lipinski definition) is 1. The van der Waals surface area contributed by atoms with Gasteiger partial charge in [0, 0.05) is 13.1 Å². The largest absolute Gasteiger partial charge is 0.392 e. The number of amides is 1. The van der Waals surface area contributed by atoms with Crippen molar-refractivity contribution in [3.05, 3.63) is 0 Å². The van der Waals surface area contributed by atoms with Gasteiger partial charge in [-0.3, -0.25) is 4.79 Å². The minimum Gasteiger partial charge on any atom is -0.392 e. The van der Waals surface area contributed by atoms with Crippen molar-refractivity contribution in [2.75, 3.05) is 13.1 Å². The van der Waals surface area contributed by atoms with Crippen LogP contribution in [0.2, 0.25) is 0 Å². The summed E-state index contributed by atoms with van der Waals surface area (Å²) in [6.07, 6.45) is 6.04. The van der Waals surface area contributed by atoms with E-state index in [4.69, 9.17) is 18.0 Å². The molecule has 1 heterocycles. The number of nitrogens with zero attached hydrogens (tertiary/aromatic N) is 1. The van der Waals surface area contributed by atoms with E-state index in [0.717, 1.165) is 51.6 Å². The third-order valence-corrected chi connectivity index (χ3v) is 5.74. The zero-order chi connectivity index (χ0) is 15.0. The molecule has 0 radical (unpaired) electrons. The van der Waals surface area contributed by atoms with Gasteiger partial charge in [-0.1, -0.05) is 45.8 Å². The van der Waals surface area contributed by atoms with Crippen molar-refractivity contribution in [2.24, 2.45) is 22.5 Å². The standard InChI is InChI=1S/C16H28N2OS/c1-15(2,3)12-6-10-18(11-7-12)14(19)16(13(17)20)8-4-5-9-16/h12H,4-11H2,1-3H3,(H2,17,20). The van der Waals surface area contributed by atoms with Gasteiger partial charge in [0.15, 0.2) is 0 Å². The first kappa shape index (κ1) is 15.7. The van der Waals surface area contributed by atoms with E-state index in [1.807, 2.05) is 4.90 Å². The van der Waals surface area contributed by atoms with Crippen LogP contribution in [0, 0.1) is 16.7 Å². The quantitative estimate of drug-likeness (QED) is 0.796. The van der Waals surface area contributed by atoms with E-state index in [1.54, 1.807) is 0 Å². The molecule has 3 nitrogen and oxygen atoms in total. The number of carbonyl (C=O) groups excluding carboxylic acids is 1. The number of rotatable bonds is 2. The summed E-state index contributed by atoms with van der Waals surface area (Å²) in [4.78, 5) is 15.3. The Kier molecular flexibility index (Phi) is 4.43. The van der Waals surface area contributed by atoms with E-state index in [9.17, 15) is 4.79 Å². The normalized spacial score (nSPS) is 23.9. The van der Waals surface area contributed by atoms with Gasteiger partial charge < -0.3 is 10.6 Å². The smallest absolute Gasteiger partial charge is 0.235 e. The lowest BCUT2D eigenvalue weighted by molar-refractivity contribution is -0.140. The first-order valence-corrected chi connectivity index (χ1v) is 8.27. The van der Waals surface area contributed by atoms with Crippen LogP contribution in [0.3, 0.4) is 0 Å². The second-order valence-electron chi connectivity index (χ2n) is 7.59. The summed E-state index contributed by atoms with van der Waals surface area (Å²) in [7, 11) is 0. The molecule has 2 rings (SSSR count). The fourth-order valence-electron chi connectivity index (χ4n) is 3.80. The predicted molar refractivity (Wildman–Crippen MR) is 86.4 cm³/mol. The zero-order valence-corrected chi connectivity index (χ0v) is 13.9. The molecule has 0 aromatic carbocycles. The van der Waals surface area contributed by atoms with Crippen LogP contribution in [0.25, 0.3) is 0 Å². The summed E-state index contributed by atoms with van der Waals surface area (Å²) in [5.41, 5.74) is 5.73. The maximum Gasteiger partial charge on any atom is 0.235 e. The van der Waals surface area contributed by atoms with Gasteiger partial charge >= 0.3 is 0 Å². The van der Waals surface area contributed by atoms with Crippen LogP contribution in [-0.4, -0.2) is 28.9 Å². The lowest BCUT2D eigenvalue weighted by Crippen LogP contribution is -2.52. The summed E-state index contributed by atoms with van der Waals surface area (Å²) in [6, 6.07) is 0. The fraction of sp³-hybridized carbons (Fsp3) is 0.875. The van der Waals surface area contributed by atoms with Crippen molar-refractivity contribution >= 4 is 23.1 Å². The molecule has 0 aromatic heterocycles. The molecule has 2 fully saturated rings. The molecule has 20 heavy (non-hydrogen) atoms. The SMILES string of the molecule is CC(C)(C)C1CCN(C(=O)C2(C(N)=S)CCCC2)CC1. The van der Waals surface area contributed by atoms with Gasteiger partial charge in [-0.2, -0.15) is 0 Å². The second kappa shape index (κ2) is 5.63. The van der Waals surface area contributed by atoms with Crippen LogP contribution < -0.4 is 5.73 Å². The Balaban J connectivity index is 2.03. The molecular formula is C16H28N2OS. The molecule has 2 N–H and O–H groups in total. The summed E-state index contributed by atoms with van der Waals surface area (Å²) in [6.45, 7) is 8.62. The van der Waals surface area contributed by atoms with Gasteiger partial charge in [0.25, 0.3) is 0 Å². The first-order valence-electron chi connectivity index (χ1n) is 7.87. The number of thiocarbonyl (C=S) groups is 1. The van der Waals surface area contributed by atoms with Crippen LogP contribution in [0.5, 0.6) is 0 Å². The summed E-state index contributed by atoms with van der Waals surface area (Å²) < 4.78 is 0. The minimum absolute atomic E-state index is 0.204. The summed E-state index contributed by atoms with van der Waals surface area (Å²) >= 11 is 5.23. The maximum absolute atomic E-state index is 12.9. The Hall–Kier alpha value is -0.640. The zero-order valence-electron chi connectivity index (χ0n) is 13.1. The van der Waals surface area contributed by atoms with E-state index in [-0.39, 0.29) is 5.91 Å². The Labute approximate surface area is 128 Å². The van der Waals surface area contributed by atoms with E-state index in [0.29, 0.717) is 16.3 Å². The van der Waals surface area contributed by atoms with Gasteiger partial charge in [-0.25, -0.2) is 0 Å². The molecule has 4 heteroatoms. The van der Waals surface area contributed by atoms with Gasteiger partial charge in [-0.05, 0) is 37.0 Å². The third kappa shape index (κ3) is 2.85. The Morgan fingerprint density at radius 2 is 1.70 bits per heavy atom. The molecule has 1 saturated heterocycles. The number of hydrogen-bond acceptors (Lipinski definition) is 2. The third-order valence-electron chi connectivity index (χ3n) is 5.35. The van der Waals surface area contributed by atoms with Gasteiger partial charge in [0.2, 0.25) is 5.91 Å². The Morgan fingerprint density at radius 1 is 1.20 bits per heavy atom. The van der Waals surface area contributed by atoms with Crippen molar-refractivity contribution in [1.29, 1.82) is 0 Å². The molecule has 1 aliphatic heterocycles. The molecule has 1 aliphatic carbocycles. The molecule has 0 bridgehead atoms. The first-order chi connectivity index (χ1) is 9.27. The highest BCUT2D eigenvalue weighted by molar-refractivity contribution is 7.80. The Bertz CT molecular complexity index is 386. The molecule has 0 spiro atoms. The summed E-state index contributed by atoms with van der Waals surface area (Å²) in [5.74, 6) is 0.908. The van der Waals surface area contributed by atoms with Gasteiger partial charge in [-0.15, -0.1) is 0 Å². The van der Waals surface area contributed by atoms with Crippen LogP contribution in [-0.2, 0) is 4.79 Å². The maximum atomic E-state index is 12.9. The van der Waals surface area contributed by atoms with Crippen molar-refractivity contribution in [1.82, 2.24) is 4.90 Å². The molecule has 0 unspecified atom stereocenters. The number of likely N-dealkylation sites (tertiary alicyclic amines) is 1. The average molecular weight is 296 g/mol. The van der Waals surface area contributed by atoms with Crippen LogP contribution in [0.15, 0.2) is 0 Å². The molecule has 0 aromatic rings. The Morgan fingerprint density at radius 3 is 2.10 bits per heavy atom. The van der Waals surface area contributed by atoms with Crippen molar-refractivity contribution < 1.29 is 4.79 Å². The molecule has 114 valence electrons. The molecule has 1 amide bonds. The van der Waals surface area contributed by atoms with Crippen molar-refractivity contribution in [3.8, 4) is 0 Å². The molecule has 1 saturated carbocycles. The highest BCUT2D eigenvalue weighted by Gasteiger charge is 2.46. The number of carbonyl (C=O) groups is 1. The van der Waals surface area contributed by atoms with E-state index in [1.165, 1.54) is 0 Å². The number of piperidine rings is 1. The van der Waals surface area contributed by atoms with Crippen LogP contribution in [0.4, 0.5) is 0 Å². The lowest BCUT2D eigenvalue weighted by Gasteiger charge is -2.41. The molecule has 0 atom stereocenters. The van der Waals surface area contributed by atoms with E-state index < -0.39 is 5.41 Å². The van der Waals surface area contributed by atoms with Crippen LogP contribution >= 0.6 is 12.2 Å². The molecule has 2 aliphatic rings. The highest BCUT2D eigenvalue weighted by Crippen LogP contribution is 2.42. The van der Waals surface area contributed by atoms with Crippen molar-refractivity contribution in [2.45, 2.75) is 59.3 Å². The minimum atomic E-state index is -0.524. The van der Waals surface area contributed by atoms with Crippen LogP contribution in [0.1, 0.15) is 59.3 Å². The number of nitrogens with two attached hydrogens (primary N) is 1. The second-order valence-corrected chi connectivity index (χ2v) is 8.03. The molecular weight excluding hydrogens is 268 g/mol. The lowest BCUT2D eigenvalue weighted by atomic mass is 9.74.